The topological polar surface area (TPSA) is 64.9 Å². The lowest BCUT2D eigenvalue weighted by atomic mass is 10.0. The molecule has 0 fully saturated rings. The summed E-state index contributed by atoms with van der Waals surface area (Å²) in [6, 6.07) is 6.17. The van der Waals surface area contributed by atoms with Crippen LogP contribution >= 0.6 is 11.3 Å². The van der Waals surface area contributed by atoms with Gasteiger partial charge in [-0.25, -0.2) is 4.98 Å². The Hall–Kier alpha value is -1.39. The third-order valence-electron chi connectivity index (χ3n) is 2.38. The number of nitrogens with zero attached hydrogens (tertiary/aromatic N) is 1. The fraction of sp³-hybridized carbons (Fsp3) is 0.182. The first kappa shape index (κ1) is 10.1. The predicted molar refractivity (Wildman–Crippen MR) is 64.6 cm³/mol. The zero-order valence-corrected chi connectivity index (χ0v) is 9.34. The molecule has 3 nitrogen and oxygen atoms in total. The molecule has 0 aliphatic carbocycles. The van der Waals surface area contributed by atoms with Gasteiger partial charge in [0.15, 0.2) is 5.13 Å². The molecule has 0 saturated heterocycles. The molecule has 1 heterocycles. The van der Waals surface area contributed by atoms with Crippen LogP contribution in [0.3, 0.4) is 0 Å². The molecule has 0 spiro atoms. The molecule has 1 aromatic heterocycles. The molecular weight excluding hydrogens is 206 g/mol. The predicted octanol–water partition coefficient (Wildman–Crippen LogP) is 2.16. The van der Waals surface area contributed by atoms with Crippen molar-refractivity contribution in [3.8, 4) is 11.3 Å². The Morgan fingerprint density at radius 3 is 2.73 bits per heavy atom. The SMILES string of the molecule is Cc1cc(-c2csc(N)n2)ccc1CN. The van der Waals surface area contributed by atoms with Gasteiger partial charge in [0, 0.05) is 17.5 Å². The maximum atomic E-state index is 5.61. The molecule has 0 aliphatic rings. The van der Waals surface area contributed by atoms with E-state index in [0.717, 1.165) is 11.3 Å². The lowest BCUT2D eigenvalue weighted by molar-refractivity contribution is 1.05. The summed E-state index contributed by atoms with van der Waals surface area (Å²) in [5, 5.41) is 2.57. The highest BCUT2D eigenvalue weighted by Gasteiger charge is 2.04. The van der Waals surface area contributed by atoms with E-state index in [9.17, 15) is 0 Å². The average Bonchev–Trinajstić information content (AvgIpc) is 2.65. The Kier molecular flexibility index (Phi) is 2.70. The van der Waals surface area contributed by atoms with Gasteiger partial charge in [-0.15, -0.1) is 11.3 Å². The van der Waals surface area contributed by atoms with Crippen LogP contribution in [0.15, 0.2) is 23.6 Å². The van der Waals surface area contributed by atoms with Gasteiger partial charge in [0.25, 0.3) is 0 Å². The van der Waals surface area contributed by atoms with Crippen LogP contribution in [0.5, 0.6) is 0 Å². The minimum Gasteiger partial charge on any atom is -0.375 e. The number of aromatic nitrogens is 1. The van der Waals surface area contributed by atoms with E-state index >= 15 is 0 Å². The van der Waals surface area contributed by atoms with E-state index < -0.39 is 0 Å². The number of aryl methyl sites for hydroxylation is 1. The summed E-state index contributed by atoms with van der Waals surface area (Å²) in [5.74, 6) is 0. The van der Waals surface area contributed by atoms with E-state index in [1.807, 2.05) is 17.5 Å². The monoisotopic (exact) mass is 219 g/mol. The molecule has 0 aliphatic heterocycles. The van der Waals surface area contributed by atoms with E-state index in [-0.39, 0.29) is 0 Å². The second kappa shape index (κ2) is 4.00. The fourth-order valence-electron chi connectivity index (χ4n) is 1.50. The first-order chi connectivity index (χ1) is 7.20. The van der Waals surface area contributed by atoms with E-state index in [1.54, 1.807) is 0 Å². The van der Waals surface area contributed by atoms with Crippen LogP contribution in [0.25, 0.3) is 11.3 Å². The van der Waals surface area contributed by atoms with Crippen LogP contribution in [0, 0.1) is 6.92 Å². The number of hydrogen-bond donors (Lipinski definition) is 2. The summed E-state index contributed by atoms with van der Waals surface area (Å²) in [7, 11) is 0. The molecule has 4 heteroatoms. The van der Waals surface area contributed by atoms with Gasteiger partial charge in [0.1, 0.15) is 0 Å². The van der Waals surface area contributed by atoms with Gasteiger partial charge in [0.2, 0.25) is 0 Å². The van der Waals surface area contributed by atoms with Gasteiger partial charge in [-0.1, -0.05) is 12.1 Å². The van der Waals surface area contributed by atoms with Crippen molar-refractivity contribution >= 4 is 16.5 Å². The molecule has 0 bridgehead atoms. The Bertz CT molecular complexity index is 476. The van der Waals surface area contributed by atoms with Crippen molar-refractivity contribution in [1.82, 2.24) is 4.98 Å². The number of thiazole rings is 1. The van der Waals surface area contributed by atoms with Crippen molar-refractivity contribution in [3.05, 3.63) is 34.7 Å². The smallest absolute Gasteiger partial charge is 0.180 e. The lowest BCUT2D eigenvalue weighted by Crippen LogP contribution is -1.98. The van der Waals surface area contributed by atoms with Crippen LogP contribution < -0.4 is 11.5 Å². The summed E-state index contributed by atoms with van der Waals surface area (Å²) < 4.78 is 0. The van der Waals surface area contributed by atoms with Crippen LogP contribution in [0.1, 0.15) is 11.1 Å². The van der Waals surface area contributed by atoms with Crippen LogP contribution in [0.4, 0.5) is 5.13 Å². The first-order valence-electron chi connectivity index (χ1n) is 4.71. The molecule has 0 unspecified atom stereocenters. The number of anilines is 1. The van der Waals surface area contributed by atoms with Gasteiger partial charge in [-0.3, -0.25) is 0 Å². The highest BCUT2D eigenvalue weighted by atomic mass is 32.1. The molecule has 4 N–H and O–H groups in total. The van der Waals surface area contributed by atoms with Crippen molar-refractivity contribution in [2.45, 2.75) is 13.5 Å². The molecule has 78 valence electrons. The quantitative estimate of drug-likeness (QED) is 0.813. The Morgan fingerprint density at radius 2 is 2.20 bits per heavy atom. The summed E-state index contributed by atoms with van der Waals surface area (Å²) in [5.41, 5.74) is 15.6. The molecule has 1 aromatic carbocycles. The lowest BCUT2D eigenvalue weighted by Gasteiger charge is -2.04. The zero-order valence-electron chi connectivity index (χ0n) is 8.53. The minimum absolute atomic E-state index is 0.575. The second-order valence-corrected chi connectivity index (χ2v) is 4.31. The third kappa shape index (κ3) is 2.00. The van der Waals surface area contributed by atoms with Gasteiger partial charge in [-0.2, -0.15) is 0 Å². The summed E-state index contributed by atoms with van der Waals surface area (Å²) in [6.45, 7) is 2.63. The van der Waals surface area contributed by atoms with E-state index in [4.69, 9.17) is 11.5 Å². The standard InChI is InChI=1S/C11H13N3S/c1-7-4-8(2-3-9(7)5-12)10-6-15-11(13)14-10/h2-4,6H,5,12H2,1H3,(H2,13,14). The van der Waals surface area contributed by atoms with Crippen LogP contribution in [0.2, 0.25) is 0 Å². The molecule has 2 aromatic rings. The first-order valence-corrected chi connectivity index (χ1v) is 5.59. The number of nitrogens with two attached hydrogens (primary N) is 2. The summed E-state index contributed by atoms with van der Waals surface area (Å²) >= 11 is 1.46. The van der Waals surface area contributed by atoms with Crippen molar-refractivity contribution in [3.63, 3.8) is 0 Å². The van der Waals surface area contributed by atoms with Crippen LogP contribution in [-0.4, -0.2) is 4.98 Å². The number of rotatable bonds is 2. The van der Waals surface area contributed by atoms with Gasteiger partial charge >= 0.3 is 0 Å². The van der Waals surface area contributed by atoms with Gasteiger partial charge < -0.3 is 11.5 Å². The molecule has 0 atom stereocenters. The van der Waals surface area contributed by atoms with E-state index in [1.165, 1.54) is 22.5 Å². The average molecular weight is 219 g/mol. The maximum absolute atomic E-state index is 5.61. The highest BCUT2D eigenvalue weighted by molar-refractivity contribution is 7.13. The maximum Gasteiger partial charge on any atom is 0.180 e. The van der Waals surface area contributed by atoms with Crippen molar-refractivity contribution in [2.75, 3.05) is 5.73 Å². The number of nitrogen functional groups attached to an aromatic ring is 1. The Morgan fingerprint density at radius 1 is 1.40 bits per heavy atom. The van der Waals surface area contributed by atoms with Crippen LogP contribution in [-0.2, 0) is 6.54 Å². The zero-order chi connectivity index (χ0) is 10.8. The Balaban J connectivity index is 2.42. The molecule has 0 amide bonds. The second-order valence-electron chi connectivity index (χ2n) is 3.42. The molecule has 0 saturated carbocycles. The van der Waals surface area contributed by atoms with E-state index in [0.29, 0.717) is 11.7 Å². The normalized spacial score (nSPS) is 10.5. The van der Waals surface area contributed by atoms with Gasteiger partial charge in [-0.05, 0) is 24.1 Å². The summed E-state index contributed by atoms with van der Waals surface area (Å²) in [4.78, 5) is 4.24. The fourth-order valence-corrected chi connectivity index (χ4v) is 2.08. The Labute approximate surface area is 92.8 Å². The highest BCUT2D eigenvalue weighted by Crippen LogP contribution is 2.24. The molecular formula is C11H13N3S. The number of benzene rings is 1. The molecule has 0 radical (unpaired) electrons. The number of hydrogen-bond acceptors (Lipinski definition) is 4. The molecule has 15 heavy (non-hydrogen) atoms. The van der Waals surface area contributed by atoms with Gasteiger partial charge in [0.05, 0.1) is 5.69 Å². The molecule has 2 rings (SSSR count). The summed E-state index contributed by atoms with van der Waals surface area (Å²) in [6.07, 6.45) is 0. The van der Waals surface area contributed by atoms with Crippen molar-refractivity contribution in [1.29, 1.82) is 0 Å². The van der Waals surface area contributed by atoms with Crippen molar-refractivity contribution in [2.24, 2.45) is 5.73 Å². The largest absolute Gasteiger partial charge is 0.375 e. The van der Waals surface area contributed by atoms with Crippen molar-refractivity contribution < 1.29 is 0 Å². The van der Waals surface area contributed by atoms with E-state index in [2.05, 4.69) is 18.0 Å². The minimum atomic E-state index is 0.575. The third-order valence-corrected chi connectivity index (χ3v) is 3.05.